The molecule has 2 atom stereocenters. The van der Waals surface area contributed by atoms with Crippen LogP contribution in [-0.2, 0) is 0 Å². The summed E-state index contributed by atoms with van der Waals surface area (Å²) in [5.74, 6) is 6.90. The molecule has 20 heavy (non-hydrogen) atoms. The Balaban J connectivity index is 1.99. The van der Waals surface area contributed by atoms with E-state index in [-0.39, 0.29) is 5.91 Å². The lowest BCUT2D eigenvalue weighted by Crippen LogP contribution is -2.34. The van der Waals surface area contributed by atoms with E-state index in [1.54, 1.807) is 12.3 Å². The fraction of sp³-hybridized carbons (Fsp3) is 0.571. The van der Waals surface area contributed by atoms with Crippen molar-refractivity contribution in [2.45, 2.75) is 32.6 Å². The van der Waals surface area contributed by atoms with Crippen LogP contribution in [0.15, 0.2) is 16.7 Å². The molecule has 1 aromatic rings. The third kappa shape index (κ3) is 3.70. The number of rotatable bonds is 4. The van der Waals surface area contributed by atoms with Crippen LogP contribution in [0.2, 0.25) is 0 Å². The van der Waals surface area contributed by atoms with Gasteiger partial charge in [-0.1, -0.05) is 26.2 Å². The molecule has 4 N–H and O–H groups in total. The minimum atomic E-state index is -0.135. The summed E-state index contributed by atoms with van der Waals surface area (Å²) in [4.78, 5) is 16.3. The van der Waals surface area contributed by atoms with Gasteiger partial charge < -0.3 is 10.7 Å². The first-order valence-corrected chi connectivity index (χ1v) is 7.81. The fourth-order valence-corrected chi connectivity index (χ4v) is 3.07. The summed E-state index contributed by atoms with van der Waals surface area (Å²) in [6.45, 7) is 2.99. The number of nitrogen functional groups attached to an aromatic ring is 1. The highest BCUT2D eigenvalue weighted by Gasteiger charge is 2.22. The van der Waals surface area contributed by atoms with E-state index in [4.69, 9.17) is 5.84 Å². The van der Waals surface area contributed by atoms with Gasteiger partial charge in [-0.3, -0.25) is 4.79 Å². The van der Waals surface area contributed by atoms with E-state index in [0.717, 1.165) is 11.0 Å². The molecule has 0 aliphatic heterocycles. The third-order valence-corrected chi connectivity index (χ3v) is 4.48. The predicted octanol–water partition coefficient (Wildman–Crippen LogP) is 2.69. The molecule has 1 saturated carbocycles. The molecule has 5 nitrogen and oxygen atoms in total. The van der Waals surface area contributed by atoms with Crippen LogP contribution in [0.1, 0.15) is 43.0 Å². The third-order valence-electron chi connectivity index (χ3n) is 4.05. The largest absolute Gasteiger partial charge is 0.352 e. The quantitative estimate of drug-likeness (QED) is 0.581. The Morgan fingerprint density at radius 1 is 1.50 bits per heavy atom. The monoisotopic (exact) mass is 340 g/mol. The summed E-state index contributed by atoms with van der Waals surface area (Å²) in [7, 11) is 0. The van der Waals surface area contributed by atoms with E-state index in [0.29, 0.717) is 23.2 Å². The van der Waals surface area contributed by atoms with Gasteiger partial charge in [-0.05, 0) is 40.3 Å². The van der Waals surface area contributed by atoms with Crippen LogP contribution in [0, 0.1) is 11.8 Å². The number of nitrogens with one attached hydrogen (secondary N) is 2. The number of aromatic nitrogens is 1. The second kappa shape index (κ2) is 7.04. The summed E-state index contributed by atoms with van der Waals surface area (Å²) >= 11 is 3.32. The molecule has 1 aliphatic carbocycles. The number of amides is 1. The number of anilines is 1. The van der Waals surface area contributed by atoms with Crippen molar-refractivity contribution in [2.75, 3.05) is 12.0 Å². The molecule has 0 bridgehead atoms. The number of hydrogen-bond acceptors (Lipinski definition) is 4. The van der Waals surface area contributed by atoms with Crippen LogP contribution < -0.4 is 16.6 Å². The number of pyridine rings is 1. The van der Waals surface area contributed by atoms with Crippen LogP contribution in [0.25, 0.3) is 0 Å². The van der Waals surface area contributed by atoms with Crippen LogP contribution in [0.3, 0.4) is 0 Å². The molecule has 2 unspecified atom stereocenters. The summed E-state index contributed by atoms with van der Waals surface area (Å²) < 4.78 is 0.757. The molecular weight excluding hydrogens is 320 g/mol. The number of nitrogens with two attached hydrogens (primary N) is 1. The lowest BCUT2D eigenvalue weighted by atomic mass is 9.80. The Hall–Kier alpha value is -1.14. The van der Waals surface area contributed by atoms with Gasteiger partial charge in [0.15, 0.2) is 5.82 Å². The van der Waals surface area contributed by atoms with Crippen LogP contribution in [0.5, 0.6) is 0 Å². The van der Waals surface area contributed by atoms with E-state index >= 15 is 0 Å². The molecule has 2 rings (SSSR count). The molecule has 1 fully saturated rings. The topological polar surface area (TPSA) is 80.0 Å². The highest BCUT2D eigenvalue weighted by atomic mass is 79.9. The average molecular weight is 341 g/mol. The highest BCUT2D eigenvalue weighted by Crippen LogP contribution is 2.29. The molecule has 1 heterocycles. The standard InChI is InChI=1S/C14H21BrN4O/c1-9-4-2-3-5-10(9)7-18-14(20)12-6-11(15)8-17-13(12)19-16/h6,8-10H,2-5,7,16H2,1H3,(H,17,19)(H,18,20). The normalized spacial score (nSPS) is 22.4. The smallest absolute Gasteiger partial charge is 0.255 e. The maximum Gasteiger partial charge on any atom is 0.255 e. The fourth-order valence-electron chi connectivity index (χ4n) is 2.74. The Labute approximate surface area is 127 Å². The van der Waals surface area contributed by atoms with E-state index in [9.17, 15) is 4.79 Å². The van der Waals surface area contributed by atoms with Gasteiger partial charge in [0.25, 0.3) is 5.91 Å². The summed E-state index contributed by atoms with van der Waals surface area (Å²) in [6, 6.07) is 1.72. The van der Waals surface area contributed by atoms with Crippen LogP contribution in [-0.4, -0.2) is 17.4 Å². The van der Waals surface area contributed by atoms with Gasteiger partial charge >= 0.3 is 0 Å². The number of carbonyl (C=O) groups excluding carboxylic acids is 1. The van der Waals surface area contributed by atoms with Gasteiger partial charge in [-0.25, -0.2) is 10.8 Å². The molecule has 110 valence electrons. The summed E-state index contributed by atoms with van der Waals surface area (Å²) in [5.41, 5.74) is 2.92. The van der Waals surface area contributed by atoms with Crippen LogP contribution in [0.4, 0.5) is 5.82 Å². The van der Waals surface area contributed by atoms with Gasteiger partial charge in [0, 0.05) is 17.2 Å². The van der Waals surface area contributed by atoms with Crippen molar-refractivity contribution < 1.29 is 4.79 Å². The number of carbonyl (C=O) groups is 1. The minimum absolute atomic E-state index is 0.135. The van der Waals surface area contributed by atoms with Crippen molar-refractivity contribution in [3.63, 3.8) is 0 Å². The molecule has 0 aromatic carbocycles. The molecule has 1 amide bonds. The molecule has 0 saturated heterocycles. The highest BCUT2D eigenvalue weighted by molar-refractivity contribution is 9.10. The zero-order valence-corrected chi connectivity index (χ0v) is 13.2. The molecule has 1 aromatic heterocycles. The van der Waals surface area contributed by atoms with Gasteiger partial charge in [0.2, 0.25) is 0 Å². The average Bonchev–Trinajstić information content (AvgIpc) is 2.46. The van der Waals surface area contributed by atoms with E-state index in [1.165, 1.54) is 25.7 Å². The zero-order valence-electron chi connectivity index (χ0n) is 11.7. The number of nitrogens with zero attached hydrogens (tertiary/aromatic N) is 1. The van der Waals surface area contributed by atoms with Gasteiger partial charge in [-0.15, -0.1) is 0 Å². The lowest BCUT2D eigenvalue weighted by Gasteiger charge is -2.28. The molecular formula is C14H21BrN4O. The SMILES string of the molecule is CC1CCCCC1CNC(=O)c1cc(Br)cnc1NN. The van der Waals surface area contributed by atoms with Crippen molar-refractivity contribution >= 4 is 27.7 Å². The molecule has 0 spiro atoms. The second-order valence-electron chi connectivity index (χ2n) is 5.43. The first-order valence-electron chi connectivity index (χ1n) is 7.02. The second-order valence-corrected chi connectivity index (χ2v) is 6.34. The van der Waals surface area contributed by atoms with Gasteiger partial charge in [-0.2, -0.15) is 0 Å². The number of hydrazine groups is 1. The minimum Gasteiger partial charge on any atom is -0.352 e. The number of hydrogen-bond donors (Lipinski definition) is 3. The molecule has 6 heteroatoms. The van der Waals surface area contributed by atoms with Crippen molar-refractivity contribution in [3.8, 4) is 0 Å². The Morgan fingerprint density at radius 2 is 2.25 bits per heavy atom. The van der Waals surface area contributed by atoms with Crippen LogP contribution >= 0.6 is 15.9 Å². The first kappa shape index (κ1) is 15.3. The van der Waals surface area contributed by atoms with Crippen molar-refractivity contribution in [2.24, 2.45) is 17.7 Å². The number of halogens is 1. The zero-order chi connectivity index (χ0) is 14.5. The molecule has 1 aliphatic rings. The Bertz CT molecular complexity index is 480. The van der Waals surface area contributed by atoms with Gasteiger partial charge in [0.05, 0.1) is 5.56 Å². The summed E-state index contributed by atoms with van der Waals surface area (Å²) in [5, 5.41) is 3.01. The maximum absolute atomic E-state index is 12.3. The van der Waals surface area contributed by atoms with E-state index in [2.05, 4.69) is 38.6 Å². The summed E-state index contributed by atoms with van der Waals surface area (Å²) in [6.07, 6.45) is 6.63. The Morgan fingerprint density at radius 3 is 2.95 bits per heavy atom. The van der Waals surface area contributed by atoms with E-state index < -0.39 is 0 Å². The predicted molar refractivity (Wildman–Crippen MR) is 83.2 cm³/mol. The van der Waals surface area contributed by atoms with Crippen molar-refractivity contribution in [1.29, 1.82) is 0 Å². The van der Waals surface area contributed by atoms with Crippen molar-refractivity contribution in [1.82, 2.24) is 10.3 Å². The van der Waals surface area contributed by atoms with Crippen molar-refractivity contribution in [3.05, 3.63) is 22.3 Å². The maximum atomic E-state index is 12.3. The van der Waals surface area contributed by atoms with Gasteiger partial charge in [0.1, 0.15) is 0 Å². The Kier molecular flexibility index (Phi) is 5.37. The molecule has 0 radical (unpaired) electrons. The first-order chi connectivity index (χ1) is 9.61. The lowest BCUT2D eigenvalue weighted by molar-refractivity contribution is 0.0937. The van der Waals surface area contributed by atoms with E-state index in [1.807, 2.05) is 0 Å².